The number of anilines is 1. The van der Waals surface area contributed by atoms with Gasteiger partial charge >= 0.3 is 0 Å². The van der Waals surface area contributed by atoms with E-state index in [0.717, 1.165) is 31.5 Å². The molecule has 17 heavy (non-hydrogen) atoms. The average Bonchev–Trinajstić information content (AvgIpc) is 2.33. The molecule has 1 saturated carbocycles. The molecular weight excluding hydrogens is 236 g/mol. The molecule has 1 aliphatic rings. The Morgan fingerprint density at radius 3 is 2.82 bits per heavy atom. The van der Waals surface area contributed by atoms with Gasteiger partial charge in [-0.25, -0.2) is 0 Å². The van der Waals surface area contributed by atoms with E-state index in [0.29, 0.717) is 23.9 Å². The predicted octanol–water partition coefficient (Wildman–Crippen LogP) is 3.44. The molecular formula is C13H19ClN2O. The van der Waals surface area contributed by atoms with E-state index in [-0.39, 0.29) is 0 Å². The summed E-state index contributed by atoms with van der Waals surface area (Å²) in [7, 11) is 0. The molecule has 3 nitrogen and oxygen atoms in total. The second-order valence-corrected chi connectivity index (χ2v) is 5.00. The third-order valence-corrected chi connectivity index (χ3v) is 3.46. The van der Waals surface area contributed by atoms with Gasteiger partial charge in [0.2, 0.25) is 5.88 Å². The van der Waals surface area contributed by atoms with Crippen LogP contribution in [0.1, 0.15) is 32.6 Å². The lowest BCUT2D eigenvalue weighted by molar-refractivity contribution is 0.327. The molecule has 0 bridgehead atoms. The highest BCUT2D eigenvalue weighted by Gasteiger charge is 2.19. The van der Waals surface area contributed by atoms with Crippen molar-refractivity contribution in [2.45, 2.75) is 44.0 Å². The van der Waals surface area contributed by atoms with E-state index in [1.54, 1.807) is 0 Å². The zero-order valence-electron chi connectivity index (χ0n) is 10.2. The van der Waals surface area contributed by atoms with Crippen LogP contribution >= 0.6 is 11.6 Å². The summed E-state index contributed by atoms with van der Waals surface area (Å²) < 4.78 is 5.38. The largest absolute Gasteiger partial charge is 0.478 e. The van der Waals surface area contributed by atoms with Crippen LogP contribution in [-0.4, -0.2) is 23.0 Å². The SMILES string of the molecule is CCOc1cccc(NC2CCC(Cl)CC2)n1. The minimum absolute atomic E-state index is 0.357. The Labute approximate surface area is 108 Å². The minimum atomic E-state index is 0.357. The molecule has 1 N–H and O–H groups in total. The Hall–Kier alpha value is -0.960. The highest BCUT2D eigenvalue weighted by molar-refractivity contribution is 6.20. The van der Waals surface area contributed by atoms with Crippen molar-refractivity contribution in [3.8, 4) is 5.88 Å². The van der Waals surface area contributed by atoms with Crippen molar-refractivity contribution in [3.63, 3.8) is 0 Å². The molecule has 0 spiro atoms. The van der Waals surface area contributed by atoms with Crippen LogP contribution in [0.4, 0.5) is 5.82 Å². The lowest BCUT2D eigenvalue weighted by atomic mass is 9.95. The summed E-state index contributed by atoms with van der Waals surface area (Å²) in [6.07, 6.45) is 4.41. The Balaban J connectivity index is 1.91. The molecule has 0 atom stereocenters. The summed E-state index contributed by atoms with van der Waals surface area (Å²) in [4.78, 5) is 4.41. The van der Waals surface area contributed by atoms with Gasteiger partial charge in [-0.1, -0.05) is 6.07 Å². The second kappa shape index (κ2) is 6.10. The second-order valence-electron chi connectivity index (χ2n) is 4.39. The fourth-order valence-corrected chi connectivity index (χ4v) is 2.38. The average molecular weight is 255 g/mol. The van der Waals surface area contributed by atoms with Crippen LogP contribution in [0.5, 0.6) is 5.88 Å². The Morgan fingerprint density at radius 1 is 1.35 bits per heavy atom. The first-order valence-electron chi connectivity index (χ1n) is 6.28. The fourth-order valence-electron chi connectivity index (χ4n) is 2.13. The van der Waals surface area contributed by atoms with Crippen molar-refractivity contribution < 1.29 is 4.74 Å². The van der Waals surface area contributed by atoms with Crippen molar-refractivity contribution in [3.05, 3.63) is 18.2 Å². The summed E-state index contributed by atoms with van der Waals surface area (Å²) in [5.41, 5.74) is 0. The van der Waals surface area contributed by atoms with Crippen molar-refractivity contribution in [1.29, 1.82) is 0 Å². The first kappa shape index (κ1) is 12.5. The van der Waals surface area contributed by atoms with Crippen LogP contribution in [0.2, 0.25) is 0 Å². The molecule has 94 valence electrons. The van der Waals surface area contributed by atoms with E-state index in [4.69, 9.17) is 16.3 Å². The van der Waals surface area contributed by atoms with Crippen LogP contribution < -0.4 is 10.1 Å². The van der Waals surface area contributed by atoms with Gasteiger partial charge < -0.3 is 10.1 Å². The Bertz CT molecular complexity index is 351. The monoisotopic (exact) mass is 254 g/mol. The van der Waals surface area contributed by atoms with E-state index < -0.39 is 0 Å². The van der Waals surface area contributed by atoms with Crippen molar-refractivity contribution >= 4 is 17.4 Å². The summed E-state index contributed by atoms with van der Waals surface area (Å²) >= 11 is 6.09. The molecule has 0 aliphatic heterocycles. The first-order chi connectivity index (χ1) is 8.28. The highest BCUT2D eigenvalue weighted by Crippen LogP contribution is 2.25. The van der Waals surface area contributed by atoms with Crippen molar-refractivity contribution in [2.75, 3.05) is 11.9 Å². The number of halogens is 1. The molecule has 0 saturated heterocycles. The fraction of sp³-hybridized carbons (Fsp3) is 0.615. The maximum atomic E-state index is 6.09. The van der Waals surface area contributed by atoms with E-state index in [1.807, 2.05) is 25.1 Å². The maximum Gasteiger partial charge on any atom is 0.215 e. The highest BCUT2D eigenvalue weighted by atomic mass is 35.5. The van der Waals surface area contributed by atoms with Crippen molar-refractivity contribution in [2.24, 2.45) is 0 Å². The normalized spacial score (nSPS) is 24.4. The summed E-state index contributed by atoms with van der Waals surface area (Å²) in [6, 6.07) is 6.32. The van der Waals surface area contributed by atoms with E-state index >= 15 is 0 Å². The van der Waals surface area contributed by atoms with E-state index in [2.05, 4.69) is 10.3 Å². The predicted molar refractivity (Wildman–Crippen MR) is 70.9 cm³/mol. The van der Waals surface area contributed by atoms with Gasteiger partial charge in [0.05, 0.1) is 6.61 Å². The molecule has 0 unspecified atom stereocenters. The van der Waals surface area contributed by atoms with Gasteiger partial charge in [0.1, 0.15) is 5.82 Å². The number of ether oxygens (including phenoxy) is 1. The summed E-state index contributed by atoms with van der Waals surface area (Å²) in [5.74, 6) is 1.58. The molecule has 1 fully saturated rings. The van der Waals surface area contributed by atoms with Crippen molar-refractivity contribution in [1.82, 2.24) is 4.98 Å². The number of nitrogens with zero attached hydrogens (tertiary/aromatic N) is 1. The summed E-state index contributed by atoms with van der Waals surface area (Å²) in [6.45, 7) is 2.61. The zero-order chi connectivity index (χ0) is 12.1. The smallest absolute Gasteiger partial charge is 0.215 e. The van der Waals surface area contributed by atoms with Gasteiger partial charge in [0.25, 0.3) is 0 Å². The third kappa shape index (κ3) is 3.77. The molecule has 0 radical (unpaired) electrons. The molecule has 0 amide bonds. The number of hydrogen-bond acceptors (Lipinski definition) is 3. The van der Waals surface area contributed by atoms with Crippen LogP contribution in [-0.2, 0) is 0 Å². The lowest BCUT2D eigenvalue weighted by Crippen LogP contribution is -2.26. The van der Waals surface area contributed by atoms with E-state index in [1.165, 1.54) is 0 Å². The van der Waals surface area contributed by atoms with Crippen LogP contribution in [0.15, 0.2) is 18.2 Å². The molecule has 4 heteroatoms. The summed E-state index contributed by atoms with van der Waals surface area (Å²) in [5, 5.41) is 3.81. The number of nitrogens with one attached hydrogen (secondary N) is 1. The Kier molecular flexibility index (Phi) is 4.49. The van der Waals surface area contributed by atoms with Crippen LogP contribution in [0, 0.1) is 0 Å². The van der Waals surface area contributed by atoms with Crippen LogP contribution in [0.3, 0.4) is 0 Å². The molecule has 2 rings (SSSR count). The quantitative estimate of drug-likeness (QED) is 0.836. The number of alkyl halides is 1. The number of rotatable bonds is 4. The molecule has 1 aliphatic carbocycles. The van der Waals surface area contributed by atoms with Gasteiger partial charge in [-0.15, -0.1) is 11.6 Å². The van der Waals surface area contributed by atoms with Crippen LogP contribution in [0.25, 0.3) is 0 Å². The Morgan fingerprint density at radius 2 is 2.12 bits per heavy atom. The topological polar surface area (TPSA) is 34.1 Å². The molecule has 0 aromatic carbocycles. The number of hydrogen-bond donors (Lipinski definition) is 1. The molecule has 1 aromatic rings. The van der Waals surface area contributed by atoms with Gasteiger partial charge in [0.15, 0.2) is 0 Å². The van der Waals surface area contributed by atoms with Gasteiger partial charge in [-0.2, -0.15) is 4.98 Å². The number of pyridine rings is 1. The third-order valence-electron chi connectivity index (χ3n) is 3.02. The van der Waals surface area contributed by atoms with Gasteiger partial charge in [-0.05, 0) is 38.7 Å². The lowest BCUT2D eigenvalue weighted by Gasteiger charge is -2.26. The van der Waals surface area contributed by atoms with E-state index in [9.17, 15) is 0 Å². The molecule has 1 heterocycles. The minimum Gasteiger partial charge on any atom is -0.478 e. The number of aromatic nitrogens is 1. The van der Waals surface area contributed by atoms with Gasteiger partial charge in [0, 0.05) is 17.5 Å². The zero-order valence-corrected chi connectivity index (χ0v) is 10.9. The maximum absolute atomic E-state index is 6.09. The molecule has 1 aromatic heterocycles. The standard InChI is InChI=1S/C13H19ClN2O/c1-2-17-13-5-3-4-12(16-13)15-11-8-6-10(14)7-9-11/h3-5,10-11H,2,6-9H2,1H3,(H,15,16). The van der Waals surface area contributed by atoms with Gasteiger partial charge in [-0.3, -0.25) is 0 Å². The first-order valence-corrected chi connectivity index (χ1v) is 6.72.